The highest BCUT2D eigenvalue weighted by atomic mass is 16.1. The number of nitriles is 1. The van der Waals surface area contributed by atoms with Crippen LogP contribution in [0.3, 0.4) is 0 Å². The van der Waals surface area contributed by atoms with E-state index in [-0.39, 0.29) is 11.8 Å². The molecule has 122 valence electrons. The van der Waals surface area contributed by atoms with Gasteiger partial charge in [-0.05, 0) is 32.8 Å². The molecule has 2 aromatic heterocycles. The van der Waals surface area contributed by atoms with Crippen molar-refractivity contribution < 1.29 is 4.79 Å². The average Bonchev–Trinajstić information content (AvgIpc) is 3.06. The Kier molecular flexibility index (Phi) is 3.10. The van der Waals surface area contributed by atoms with Gasteiger partial charge in [0.2, 0.25) is 5.95 Å². The largest absolute Gasteiger partial charge is 0.340 e. The third kappa shape index (κ3) is 1.92. The summed E-state index contributed by atoms with van der Waals surface area (Å²) in [6.07, 6.45) is 2.24. The summed E-state index contributed by atoms with van der Waals surface area (Å²) in [4.78, 5) is 17.1. The van der Waals surface area contributed by atoms with Gasteiger partial charge in [-0.2, -0.15) is 15.3 Å². The summed E-state index contributed by atoms with van der Waals surface area (Å²) in [6.45, 7) is 3.80. The molecule has 7 heteroatoms. The molecule has 7 nitrogen and oxygen atoms in total. The van der Waals surface area contributed by atoms with Crippen LogP contribution >= 0.6 is 0 Å². The first-order chi connectivity index (χ1) is 11.5. The van der Waals surface area contributed by atoms with Crippen LogP contribution in [0.2, 0.25) is 0 Å². The van der Waals surface area contributed by atoms with Crippen molar-refractivity contribution in [2.24, 2.45) is 7.05 Å². The fraction of sp³-hybridized carbons (Fsp3) is 0.412. The van der Waals surface area contributed by atoms with Crippen LogP contribution in [0.15, 0.2) is 17.3 Å². The van der Waals surface area contributed by atoms with Crippen molar-refractivity contribution >= 4 is 11.7 Å². The van der Waals surface area contributed by atoms with Crippen LogP contribution in [0, 0.1) is 25.2 Å². The van der Waals surface area contributed by atoms with Gasteiger partial charge in [0, 0.05) is 36.0 Å². The van der Waals surface area contributed by atoms with E-state index in [0.29, 0.717) is 23.9 Å². The molecule has 0 amide bonds. The molecule has 0 fully saturated rings. The summed E-state index contributed by atoms with van der Waals surface area (Å²) >= 11 is 0. The molecule has 24 heavy (non-hydrogen) atoms. The number of nitrogens with zero attached hydrogens (tertiary/aromatic N) is 5. The number of allylic oxidation sites excluding steroid dienone is 2. The van der Waals surface area contributed by atoms with Crippen LogP contribution < -0.4 is 5.32 Å². The molecule has 1 aliphatic carbocycles. The van der Waals surface area contributed by atoms with E-state index < -0.39 is 0 Å². The minimum Gasteiger partial charge on any atom is -0.340 e. The Morgan fingerprint density at radius 2 is 2.17 bits per heavy atom. The molecule has 0 saturated carbocycles. The molecule has 0 radical (unpaired) electrons. The number of aryl methyl sites for hydroxylation is 1. The number of ketones is 1. The van der Waals surface area contributed by atoms with Gasteiger partial charge in [-0.3, -0.25) is 4.79 Å². The SMILES string of the molecule is Cc1nc2n(n1)C(c1cc(C#N)n(C)c1C)C1=C(CCCC1=O)N2. The molecule has 1 N–H and O–H groups in total. The maximum absolute atomic E-state index is 12.7. The molecule has 1 aliphatic heterocycles. The number of fused-ring (bicyclic) bond motifs is 1. The van der Waals surface area contributed by atoms with Crippen LogP contribution in [-0.4, -0.2) is 25.1 Å². The summed E-state index contributed by atoms with van der Waals surface area (Å²) in [5.74, 6) is 1.46. The first-order valence-corrected chi connectivity index (χ1v) is 8.04. The highest BCUT2D eigenvalue weighted by Gasteiger charge is 2.38. The first-order valence-electron chi connectivity index (χ1n) is 8.04. The minimum absolute atomic E-state index is 0.148. The molecule has 4 rings (SSSR count). The molecule has 1 atom stereocenters. The second-order valence-electron chi connectivity index (χ2n) is 6.36. The number of Topliss-reactive ketones (excluding diaryl/α,β-unsaturated/α-hetero) is 1. The fourth-order valence-corrected chi connectivity index (χ4v) is 3.66. The smallest absolute Gasteiger partial charge is 0.226 e. The normalized spacial score (nSPS) is 19.6. The van der Waals surface area contributed by atoms with Gasteiger partial charge in [0.25, 0.3) is 0 Å². The second-order valence-corrected chi connectivity index (χ2v) is 6.36. The topological polar surface area (TPSA) is 88.5 Å². The van der Waals surface area contributed by atoms with Crippen molar-refractivity contribution in [3.63, 3.8) is 0 Å². The lowest BCUT2D eigenvalue weighted by atomic mass is 9.85. The summed E-state index contributed by atoms with van der Waals surface area (Å²) in [5, 5.41) is 17.1. The summed E-state index contributed by atoms with van der Waals surface area (Å²) in [7, 11) is 1.87. The lowest BCUT2D eigenvalue weighted by Crippen LogP contribution is -2.31. The van der Waals surface area contributed by atoms with Crippen LogP contribution in [0.4, 0.5) is 5.95 Å². The van der Waals surface area contributed by atoms with Crippen molar-refractivity contribution in [1.82, 2.24) is 19.3 Å². The molecule has 0 spiro atoms. The van der Waals surface area contributed by atoms with E-state index in [1.165, 1.54) is 0 Å². The minimum atomic E-state index is -0.321. The summed E-state index contributed by atoms with van der Waals surface area (Å²) in [6, 6.07) is 3.75. The molecule has 1 unspecified atom stereocenters. The van der Waals surface area contributed by atoms with E-state index in [1.807, 2.05) is 31.5 Å². The van der Waals surface area contributed by atoms with Gasteiger partial charge in [-0.1, -0.05) is 0 Å². The highest BCUT2D eigenvalue weighted by molar-refractivity contribution is 5.99. The van der Waals surface area contributed by atoms with Gasteiger partial charge in [0.1, 0.15) is 23.6 Å². The standard InChI is InChI=1S/C17H18N6O/c1-9-12(7-11(8-18)22(9)3)16-15-13(5-4-6-14(15)24)20-17-19-10(2)21-23(16)17/h7,16H,4-6H2,1-3H3,(H,19,20,21). The van der Waals surface area contributed by atoms with Gasteiger partial charge < -0.3 is 9.88 Å². The average molecular weight is 322 g/mol. The molecule has 2 aliphatic rings. The fourth-order valence-electron chi connectivity index (χ4n) is 3.66. The van der Waals surface area contributed by atoms with E-state index in [1.54, 1.807) is 4.68 Å². The molecule has 0 saturated heterocycles. The van der Waals surface area contributed by atoms with Crippen molar-refractivity contribution in [2.75, 3.05) is 5.32 Å². The van der Waals surface area contributed by atoms with Gasteiger partial charge in [-0.15, -0.1) is 0 Å². The van der Waals surface area contributed by atoms with Crippen LogP contribution in [0.25, 0.3) is 0 Å². The van der Waals surface area contributed by atoms with E-state index >= 15 is 0 Å². The van der Waals surface area contributed by atoms with E-state index in [0.717, 1.165) is 35.4 Å². The summed E-state index contributed by atoms with van der Waals surface area (Å²) < 4.78 is 3.63. The maximum atomic E-state index is 12.7. The van der Waals surface area contributed by atoms with E-state index in [4.69, 9.17) is 0 Å². The number of rotatable bonds is 1. The van der Waals surface area contributed by atoms with E-state index in [2.05, 4.69) is 21.5 Å². The van der Waals surface area contributed by atoms with Gasteiger partial charge >= 0.3 is 0 Å². The van der Waals surface area contributed by atoms with Crippen LogP contribution in [-0.2, 0) is 11.8 Å². The number of hydrogen-bond donors (Lipinski definition) is 1. The zero-order valence-corrected chi connectivity index (χ0v) is 13.9. The van der Waals surface area contributed by atoms with Crippen LogP contribution in [0.1, 0.15) is 48.1 Å². The van der Waals surface area contributed by atoms with Crippen molar-refractivity contribution in [2.45, 2.75) is 39.2 Å². The number of nitrogens with one attached hydrogen (secondary N) is 1. The Balaban J connectivity index is 1.98. The molecule has 3 heterocycles. The third-order valence-electron chi connectivity index (χ3n) is 4.96. The molecule has 0 aromatic carbocycles. The lowest BCUT2D eigenvalue weighted by molar-refractivity contribution is -0.116. The lowest BCUT2D eigenvalue weighted by Gasteiger charge is -2.32. The maximum Gasteiger partial charge on any atom is 0.226 e. The Labute approximate surface area is 139 Å². The van der Waals surface area contributed by atoms with E-state index in [9.17, 15) is 10.1 Å². The number of hydrogen-bond acceptors (Lipinski definition) is 5. The molecular weight excluding hydrogens is 304 g/mol. The predicted molar refractivity (Wildman–Crippen MR) is 87.3 cm³/mol. The Morgan fingerprint density at radius 3 is 2.88 bits per heavy atom. The number of carbonyl (C=O) groups excluding carboxylic acids is 1. The third-order valence-corrected chi connectivity index (χ3v) is 4.96. The highest BCUT2D eigenvalue weighted by Crippen LogP contribution is 2.41. The van der Waals surface area contributed by atoms with Gasteiger partial charge in [0.15, 0.2) is 5.78 Å². The molecular formula is C17H18N6O. The monoisotopic (exact) mass is 322 g/mol. The Bertz CT molecular complexity index is 939. The van der Waals surface area contributed by atoms with Gasteiger partial charge in [0.05, 0.1) is 0 Å². The number of carbonyl (C=O) groups is 1. The van der Waals surface area contributed by atoms with Crippen molar-refractivity contribution in [3.8, 4) is 6.07 Å². The quantitative estimate of drug-likeness (QED) is 0.869. The predicted octanol–water partition coefficient (Wildman–Crippen LogP) is 2.13. The van der Waals surface area contributed by atoms with Gasteiger partial charge in [-0.25, -0.2) is 4.68 Å². The zero-order valence-electron chi connectivity index (χ0n) is 13.9. The zero-order chi connectivity index (χ0) is 17.0. The number of aromatic nitrogens is 4. The van der Waals surface area contributed by atoms with Crippen molar-refractivity contribution in [3.05, 3.63) is 40.1 Å². The number of anilines is 1. The molecule has 2 aromatic rings. The Morgan fingerprint density at radius 1 is 1.38 bits per heavy atom. The summed E-state index contributed by atoms with van der Waals surface area (Å²) in [5.41, 5.74) is 4.17. The van der Waals surface area contributed by atoms with Crippen LogP contribution in [0.5, 0.6) is 0 Å². The first kappa shape index (κ1) is 14.7. The second kappa shape index (κ2) is 5.06. The van der Waals surface area contributed by atoms with Crippen molar-refractivity contribution in [1.29, 1.82) is 5.26 Å². The Hall–Kier alpha value is -2.88. The molecule has 0 bridgehead atoms.